The molecule has 0 rings (SSSR count). The summed E-state index contributed by atoms with van der Waals surface area (Å²) >= 11 is 0. The first-order chi connectivity index (χ1) is 4.63. The smallest absolute Gasteiger partial charge is 0.117 e. The Hall–Kier alpha value is -0.920. The molecule has 10 heavy (non-hydrogen) atoms. The van der Waals surface area contributed by atoms with Gasteiger partial charge < -0.3 is 0 Å². The van der Waals surface area contributed by atoms with Gasteiger partial charge in [0.2, 0.25) is 0 Å². The molecule has 0 saturated heterocycles. The van der Waals surface area contributed by atoms with E-state index >= 15 is 0 Å². The van der Waals surface area contributed by atoms with Crippen molar-refractivity contribution in [2.45, 2.75) is 20.8 Å². The van der Waals surface area contributed by atoms with Crippen LogP contribution in [0.3, 0.4) is 0 Å². The first-order valence-corrected chi connectivity index (χ1v) is 3.39. The van der Waals surface area contributed by atoms with Crippen molar-refractivity contribution in [3.05, 3.63) is 12.2 Å². The van der Waals surface area contributed by atoms with E-state index in [2.05, 4.69) is 18.8 Å². The van der Waals surface area contributed by atoms with Crippen LogP contribution in [0.5, 0.6) is 0 Å². The molecule has 0 heterocycles. The number of aliphatic imine (C=N–C) groups is 1. The van der Waals surface area contributed by atoms with Gasteiger partial charge in [-0.2, -0.15) is 0 Å². The molecule has 56 valence electrons. The van der Waals surface area contributed by atoms with E-state index < -0.39 is 0 Å². The first-order valence-electron chi connectivity index (χ1n) is 3.39. The molecule has 0 amide bonds. The highest BCUT2D eigenvalue weighted by atomic mass is 14.8. The van der Waals surface area contributed by atoms with Crippen LogP contribution in [-0.4, -0.2) is 12.1 Å². The summed E-state index contributed by atoms with van der Waals surface area (Å²) in [4.78, 5) is 3.77. The molecule has 0 aromatic carbocycles. The number of nitrogens with one attached hydrogen (secondary N) is 1. The average molecular weight is 138 g/mol. The van der Waals surface area contributed by atoms with Crippen LogP contribution in [0.4, 0.5) is 0 Å². The van der Waals surface area contributed by atoms with Gasteiger partial charge in [-0.1, -0.05) is 19.9 Å². The van der Waals surface area contributed by atoms with Gasteiger partial charge in [-0.15, -0.1) is 0 Å². The zero-order valence-electron chi connectivity index (χ0n) is 6.76. The molecule has 0 aromatic heterocycles. The molecule has 0 bridgehead atoms. The molecule has 1 N–H and O–H groups in total. The molecule has 0 spiro atoms. The van der Waals surface area contributed by atoms with Crippen LogP contribution in [-0.2, 0) is 0 Å². The lowest BCUT2D eigenvalue weighted by Gasteiger charge is -1.88. The Morgan fingerprint density at radius 2 is 2.10 bits per heavy atom. The highest BCUT2D eigenvalue weighted by Gasteiger charge is 1.79. The lowest BCUT2D eigenvalue weighted by Crippen LogP contribution is -1.81. The minimum Gasteiger partial charge on any atom is -0.287 e. The van der Waals surface area contributed by atoms with E-state index in [9.17, 15) is 0 Å². The lowest BCUT2D eigenvalue weighted by atomic mass is 10.2. The summed E-state index contributed by atoms with van der Waals surface area (Å²) in [7, 11) is 0. The van der Waals surface area contributed by atoms with Crippen molar-refractivity contribution in [2.75, 3.05) is 0 Å². The summed E-state index contributed by atoms with van der Waals surface area (Å²) in [6.45, 7) is 5.85. The number of hydrogen-bond donors (Lipinski definition) is 1. The van der Waals surface area contributed by atoms with Gasteiger partial charge in [-0.05, 0) is 18.9 Å². The molecule has 0 aromatic rings. The minimum atomic E-state index is 0.341. The fourth-order valence-electron chi connectivity index (χ4n) is 0.427. The Labute approximate surface area is 62.2 Å². The molecule has 0 aliphatic heterocycles. The minimum absolute atomic E-state index is 0.341. The molecule has 0 saturated carbocycles. The summed E-state index contributed by atoms with van der Waals surface area (Å²) in [5.74, 6) is 0.894. The van der Waals surface area contributed by atoms with Gasteiger partial charge >= 0.3 is 0 Å². The van der Waals surface area contributed by atoms with Gasteiger partial charge in [0, 0.05) is 6.21 Å². The van der Waals surface area contributed by atoms with Gasteiger partial charge in [-0.25, -0.2) is 4.99 Å². The molecule has 0 aliphatic rings. The van der Waals surface area contributed by atoms with E-state index in [0.717, 1.165) is 0 Å². The Morgan fingerprint density at radius 3 is 2.50 bits per heavy atom. The van der Waals surface area contributed by atoms with Crippen LogP contribution >= 0.6 is 0 Å². The third kappa shape index (κ3) is 7.08. The average Bonchev–Trinajstić information content (AvgIpc) is 1.79. The van der Waals surface area contributed by atoms with E-state index in [-0.39, 0.29) is 0 Å². The van der Waals surface area contributed by atoms with Gasteiger partial charge in [0.15, 0.2) is 0 Å². The molecular formula is C8H14N2. The zero-order chi connectivity index (χ0) is 7.98. The maximum atomic E-state index is 6.95. The maximum absolute atomic E-state index is 6.95. The molecule has 0 radical (unpaired) electrons. The van der Waals surface area contributed by atoms with Crippen LogP contribution in [0.2, 0.25) is 0 Å². The van der Waals surface area contributed by atoms with Crippen molar-refractivity contribution in [2.24, 2.45) is 10.9 Å². The highest BCUT2D eigenvalue weighted by molar-refractivity contribution is 5.88. The summed E-state index contributed by atoms with van der Waals surface area (Å²) in [6, 6.07) is 0. The quantitative estimate of drug-likeness (QED) is 0.449. The predicted octanol–water partition coefficient (Wildman–Crippen LogP) is 2.27. The number of amidine groups is 1. The van der Waals surface area contributed by atoms with Gasteiger partial charge in [0.05, 0.1) is 0 Å². The normalized spacial score (nSPS) is 12.0. The van der Waals surface area contributed by atoms with Crippen molar-refractivity contribution in [3.8, 4) is 0 Å². The van der Waals surface area contributed by atoms with Crippen LogP contribution < -0.4 is 0 Å². The zero-order valence-corrected chi connectivity index (χ0v) is 6.76. The molecule has 0 fully saturated rings. The summed E-state index contributed by atoms with van der Waals surface area (Å²) in [5, 5.41) is 6.95. The predicted molar refractivity (Wildman–Crippen MR) is 45.9 cm³/mol. The first kappa shape index (κ1) is 9.08. The fourth-order valence-corrected chi connectivity index (χ4v) is 0.427. The Kier molecular flexibility index (Phi) is 4.46. The molecule has 0 unspecified atom stereocenters. The highest BCUT2D eigenvalue weighted by Crippen LogP contribution is 1.91. The Balaban J connectivity index is 3.62. The van der Waals surface area contributed by atoms with Crippen LogP contribution in [0, 0.1) is 11.3 Å². The third-order valence-electron chi connectivity index (χ3n) is 0.850. The van der Waals surface area contributed by atoms with Gasteiger partial charge in [-0.3, -0.25) is 5.41 Å². The Morgan fingerprint density at radius 1 is 1.50 bits per heavy atom. The van der Waals surface area contributed by atoms with E-state index in [4.69, 9.17) is 5.41 Å². The standard InChI is InChI=1S/C8H14N2/c1-7(2)5-4-6-10-8(3)9/h4-7,9H,1-3H3/b5-4-,9-8?,10-6-. The maximum Gasteiger partial charge on any atom is 0.117 e. The monoisotopic (exact) mass is 138 g/mol. The number of allylic oxidation sites excluding steroid dienone is 2. The van der Waals surface area contributed by atoms with Crippen LogP contribution in [0.25, 0.3) is 0 Å². The van der Waals surface area contributed by atoms with Crippen molar-refractivity contribution in [1.82, 2.24) is 0 Å². The van der Waals surface area contributed by atoms with Gasteiger partial charge in [0.25, 0.3) is 0 Å². The van der Waals surface area contributed by atoms with Gasteiger partial charge in [0.1, 0.15) is 5.84 Å². The van der Waals surface area contributed by atoms with E-state index in [1.165, 1.54) is 0 Å². The second-order valence-electron chi connectivity index (χ2n) is 2.49. The van der Waals surface area contributed by atoms with Crippen molar-refractivity contribution in [1.29, 1.82) is 5.41 Å². The second-order valence-corrected chi connectivity index (χ2v) is 2.49. The van der Waals surface area contributed by atoms with Crippen molar-refractivity contribution >= 4 is 12.1 Å². The topological polar surface area (TPSA) is 36.2 Å². The lowest BCUT2D eigenvalue weighted by molar-refractivity contribution is 0.833. The molecule has 0 aliphatic carbocycles. The number of rotatable bonds is 2. The van der Waals surface area contributed by atoms with E-state index in [1.807, 2.05) is 12.2 Å². The summed E-state index contributed by atoms with van der Waals surface area (Å²) in [6.07, 6.45) is 5.54. The molecular weight excluding hydrogens is 124 g/mol. The van der Waals surface area contributed by atoms with Crippen LogP contribution in [0.1, 0.15) is 20.8 Å². The summed E-state index contributed by atoms with van der Waals surface area (Å²) < 4.78 is 0. The summed E-state index contributed by atoms with van der Waals surface area (Å²) in [5.41, 5.74) is 0. The number of nitrogens with zero attached hydrogens (tertiary/aromatic N) is 1. The van der Waals surface area contributed by atoms with Crippen molar-refractivity contribution < 1.29 is 0 Å². The number of hydrogen-bond acceptors (Lipinski definition) is 1. The van der Waals surface area contributed by atoms with E-state index in [0.29, 0.717) is 11.8 Å². The third-order valence-corrected chi connectivity index (χ3v) is 0.850. The molecule has 0 atom stereocenters. The second kappa shape index (κ2) is 4.91. The van der Waals surface area contributed by atoms with E-state index in [1.54, 1.807) is 13.1 Å². The SMILES string of the molecule is CC(=N)/N=C\C=C/C(C)C. The van der Waals surface area contributed by atoms with Crippen LogP contribution in [0.15, 0.2) is 17.1 Å². The molecule has 2 heteroatoms. The molecule has 2 nitrogen and oxygen atoms in total. The fraction of sp³-hybridized carbons (Fsp3) is 0.500. The largest absolute Gasteiger partial charge is 0.287 e. The Bertz CT molecular complexity index is 155. The van der Waals surface area contributed by atoms with Crippen molar-refractivity contribution in [3.63, 3.8) is 0 Å².